The van der Waals surface area contributed by atoms with Crippen LogP contribution in [0.5, 0.6) is 5.75 Å². The molecule has 1 rings (SSSR count). The number of para-hydroxylation sites is 1. The van der Waals surface area contributed by atoms with Crippen molar-refractivity contribution in [1.29, 1.82) is 0 Å². The molecule has 1 N–H and O–H groups in total. The lowest BCUT2D eigenvalue weighted by molar-refractivity contribution is 0.0772. The molecule has 3 nitrogen and oxygen atoms in total. The van der Waals surface area contributed by atoms with Crippen molar-refractivity contribution < 1.29 is 9.90 Å². The number of phenols is 1. The van der Waals surface area contributed by atoms with Crippen LogP contribution in [0.4, 0.5) is 0 Å². The van der Waals surface area contributed by atoms with Gasteiger partial charge in [-0.15, -0.1) is 0 Å². The molecule has 1 amide bonds. The zero-order valence-electron chi connectivity index (χ0n) is 8.61. The van der Waals surface area contributed by atoms with E-state index in [1.165, 1.54) is 6.07 Å². The molecule has 1 aromatic carbocycles. The van der Waals surface area contributed by atoms with Crippen molar-refractivity contribution in [3.05, 3.63) is 29.8 Å². The maximum Gasteiger partial charge on any atom is 0.257 e. The second kappa shape index (κ2) is 5.75. The van der Waals surface area contributed by atoms with Crippen molar-refractivity contribution in [3.8, 4) is 5.75 Å². The Kier molecular flexibility index (Phi) is 4.62. The number of phenolic OH excluding ortho intramolecular Hbond substituents is 1. The van der Waals surface area contributed by atoms with Gasteiger partial charge in [-0.25, -0.2) is 0 Å². The fraction of sp³-hybridized carbons (Fsp3) is 0.364. The van der Waals surface area contributed by atoms with Gasteiger partial charge in [0.2, 0.25) is 0 Å². The maximum absolute atomic E-state index is 11.9. The van der Waals surface area contributed by atoms with Gasteiger partial charge in [0, 0.05) is 18.4 Å². The van der Waals surface area contributed by atoms with Crippen molar-refractivity contribution in [2.75, 3.05) is 18.4 Å². The second-order valence-corrected chi connectivity index (χ2v) is 3.88. The summed E-state index contributed by atoms with van der Waals surface area (Å²) in [5.74, 6) is -0.0921. The summed E-state index contributed by atoms with van der Waals surface area (Å²) in [6, 6.07) is 6.60. The summed E-state index contributed by atoms with van der Waals surface area (Å²) in [4.78, 5) is 13.6. The number of aromatic hydroxyl groups is 1. The van der Waals surface area contributed by atoms with Gasteiger partial charge in [-0.05, 0) is 19.1 Å². The largest absolute Gasteiger partial charge is 0.507 e. The quantitative estimate of drug-likeness (QED) is 0.854. The minimum Gasteiger partial charge on any atom is -0.507 e. The Morgan fingerprint density at radius 2 is 2.13 bits per heavy atom. The Bertz CT molecular complexity index is 341. The van der Waals surface area contributed by atoms with Crippen molar-refractivity contribution in [2.24, 2.45) is 0 Å². The van der Waals surface area contributed by atoms with E-state index >= 15 is 0 Å². The number of carbonyl (C=O) groups is 1. The molecule has 0 aliphatic carbocycles. The number of hydrogen-bond acceptors (Lipinski definition) is 2. The first kappa shape index (κ1) is 12.0. The first-order chi connectivity index (χ1) is 7.20. The number of hydrogen-bond donors (Lipinski definition) is 1. The van der Waals surface area contributed by atoms with Crippen LogP contribution in [0.2, 0.25) is 0 Å². The lowest BCUT2D eigenvalue weighted by Crippen LogP contribution is -2.32. The third kappa shape index (κ3) is 2.96. The van der Waals surface area contributed by atoms with Gasteiger partial charge in [-0.1, -0.05) is 28.1 Å². The van der Waals surface area contributed by atoms with Crippen LogP contribution >= 0.6 is 15.9 Å². The van der Waals surface area contributed by atoms with Crippen molar-refractivity contribution in [3.63, 3.8) is 0 Å². The average molecular weight is 272 g/mol. The molecule has 0 radical (unpaired) electrons. The number of amides is 1. The molecule has 0 aromatic heterocycles. The van der Waals surface area contributed by atoms with Gasteiger partial charge >= 0.3 is 0 Å². The van der Waals surface area contributed by atoms with Crippen LogP contribution in [-0.2, 0) is 0 Å². The Balaban J connectivity index is 2.88. The van der Waals surface area contributed by atoms with Crippen molar-refractivity contribution in [1.82, 2.24) is 4.90 Å². The number of alkyl halides is 1. The molecule has 0 bridgehead atoms. The standard InChI is InChI=1S/C11H14BrNO2/c1-2-13(8-7-12)11(15)9-5-3-4-6-10(9)14/h3-6,14H,2,7-8H2,1H3. The molecule has 0 saturated heterocycles. The van der Waals surface area contributed by atoms with Crippen LogP contribution in [0.15, 0.2) is 24.3 Å². The lowest BCUT2D eigenvalue weighted by Gasteiger charge is -2.20. The van der Waals surface area contributed by atoms with E-state index in [1.807, 2.05) is 6.92 Å². The van der Waals surface area contributed by atoms with E-state index in [9.17, 15) is 9.90 Å². The highest BCUT2D eigenvalue weighted by Gasteiger charge is 2.16. The first-order valence-corrected chi connectivity index (χ1v) is 5.96. The van der Waals surface area contributed by atoms with Crippen molar-refractivity contribution >= 4 is 21.8 Å². The molecular formula is C11H14BrNO2. The minimum absolute atomic E-state index is 0.0375. The van der Waals surface area contributed by atoms with E-state index < -0.39 is 0 Å². The van der Waals surface area contributed by atoms with E-state index in [0.717, 1.165) is 5.33 Å². The smallest absolute Gasteiger partial charge is 0.257 e. The van der Waals surface area contributed by atoms with Crippen LogP contribution in [0.1, 0.15) is 17.3 Å². The second-order valence-electron chi connectivity index (χ2n) is 3.09. The fourth-order valence-electron chi connectivity index (χ4n) is 1.33. The zero-order valence-corrected chi connectivity index (χ0v) is 10.2. The predicted octanol–water partition coefficient (Wildman–Crippen LogP) is 2.25. The van der Waals surface area contributed by atoms with Gasteiger partial charge in [0.25, 0.3) is 5.91 Å². The van der Waals surface area contributed by atoms with Crippen LogP contribution in [0, 0.1) is 0 Å². The molecule has 1 aromatic rings. The molecule has 0 unspecified atom stereocenters. The van der Waals surface area contributed by atoms with E-state index in [1.54, 1.807) is 23.1 Å². The summed E-state index contributed by atoms with van der Waals surface area (Å²) in [6.45, 7) is 3.20. The van der Waals surface area contributed by atoms with Crippen LogP contribution in [0.3, 0.4) is 0 Å². The van der Waals surface area contributed by atoms with E-state index in [-0.39, 0.29) is 11.7 Å². The normalized spacial score (nSPS) is 10.0. The molecule has 82 valence electrons. The summed E-state index contributed by atoms with van der Waals surface area (Å²) in [5.41, 5.74) is 0.361. The zero-order chi connectivity index (χ0) is 11.3. The number of rotatable bonds is 4. The highest BCUT2D eigenvalue weighted by Crippen LogP contribution is 2.17. The number of halogens is 1. The van der Waals surface area contributed by atoms with Gasteiger partial charge in [0.1, 0.15) is 5.75 Å². The molecule has 0 atom stereocenters. The minimum atomic E-state index is -0.130. The number of nitrogens with zero attached hydrogens (tertiary/aromatic N) is 1. The summed E-state index contributed by atoms with van der Waals surface area (Å²) in [7, 11) is 0. The maximum atomic E-state index is 11.9. The molecule has 0 fully saturated rings. The molecule has 0 heterocycles. The van der Waals surface area contributed by atoms with Gasteiger partial charge in [-0.2, -0.15) is 0 Å². The molecule has 0 spiro atoms. The Morgan fingerprint density at radius 1 is 1.47 bits per heavy atom. The lowest BCUT2D eigenvalue weighted by atomic mass is 10.2. The van der Waals surface area contributed by atoms with E-state index in [4.69, 9.17) is 0 Å². The monoisotopic (exact) mass is 271 g/mol. The van der Waals surface area contributed by atoms with E-state index in [0.29, 0.717) is 18.7 Å². The highest BCUT2D eigenvalue weighted by atomic mass is 79.9. The molecule has 0 aliphatic heterocycles. The Hall–Kier alpha value is -1.03. The third-order valence-electron chi connectivity index (χ3n) is 2.16. The van der Waals surface area contributed by atoms with Crippen LogP contribution in [-0.4, -0.2) is 34.3 Å². The molecule has 0 aliphatic rings. The summed E-state index contributed by atoms with van der Waals surface area (Å²) < 4.78 is 0. The SMILES string of the molecule is CCN(CCBr)C(=O)c1ccccc1O. The van der Waals surface area contributed by atoms with Gasteiger partial charge in [0.15, 0.2) is 0 Å². The molecule has 15 heavy (non-hydrogen) atoms. The van der Waals surface area contributed by atoms with Gasteiger partial charge in [0.05, 0.1) is 5.56 Å². The molecule has 0 saturated carbocycles. The van der Waals surface area contributed by atoms with E-state index in [2.05, 4.69) is 15.9 Å². The number of carbonyl (C=O) groups excluding carboxylic acids is 1. The first-order valence-electron chi connectivity index (χ1n) is 4.84. The number of benzene rings is 1. The Labute approximate surface area is 97.8 Å². The third-order valence-corrected chi connectivity index (χ3v) is 2.51. The summed E-state index contributed by atoms with van der Waals surface area (Å²) in [5, 5.41) is 10.3. The van der Waals surface area contributed by atoms with Gasteiger partial charge in [-0.3, -0.25) is 4.79 Å². The van der Waals surface area contributed by atoms with Crippen LogP contribution < -0.4 is 0 Å². The fourth-order valence-corrected chi connectivity index (χ4v) is 1.76. The molecular weight excluding hydrogens is 258 g/mol. The van der Waals surface area contributed by atoms with Crippen LogP contribution in [0.25, 0.3) is 0 Å². The summed E-state index contributed by atoms with van der Waals surface area (Å²) >= 11 is 3.29. The predicted molar refractivity (Wildman–Crippen MR) is 63.5 cm³/mol. The summed E-state index contributed by atoms with van der Waals surface area (Å²) in [6.07, 6.45) is 0. The topological polar surface area (TPSA) is 40.5 Å². The average Bonchev–Trinajstić information content (AvgIpc) is 2.25. The Morgan fingerprint density at radius 3 is 2.67 bits per heavy atom. The van der Waals surface area contributed by atoms with Crippen molar-refractivity contribution in [2.45, 2.75) is 6.92 Å². The highest BCUT2D eigenvalue weighted by molar-refractivity contribution is 9.09. The molecule has 4 heteroatoms. The van der Waals surface area contributed by atoms with Gasteiger partial charge < -0.3 is 10.0 Å².